The van der Waals surface area contributed by atoms with Crippen LogP contribution in [0.3, 0.4) is 0 Å². The van der Waals surface area contributed by atoms with Crippen LogP contribution in [-0.4, -0.2) is 257 Å². The maximum atomic E-state index is 13.5. The van der Waals surface area contributed by atoms with Crippen molar-refractivity contribution >= 4 is 117 Å². The highest BCUT2D eigenvalue weighted by molar-refractivity contribution is 7.90. The summed E-state index contributed by atoms with van der Waals surface area (Å²) in [5, 5.41) is 11.5. The Labute approximate surface area is 698 Å². The highest BCUT2D eigenvalue weighted by Gasteiger charge is 2.33. The van der Waals surface area contributed by atoms with Gasteiger partial charge in [0.15, 0.2) is 0 Å². The number of fused-ring (bicyclic) bond motifs is 3. The van der Waals surface area contributed by atoms with Gasteiger partial charge in [-0.15, -0.1) is 0 Å². The lowest BCUT2D eigenvalue weighted by Crippen LogP contribution is -2.40. The molecule has 0 bridgehead atoms. The molecule has 0 aromatic heterocycles. The number of benzene rings is 6. The second kappa shape index (κ2) is 46.9. The van der Waals surface area contributed by atoms with Crippen LogP contribution in [0.5, 0.6) is 0 Å². The van der Waals surface area contributed by atoms with Gasteiger partial charge in [-0.1, -0.05) is 106 Å². The maximum absolute atomic E-state index is 13.5. The minimum atomic E-state index is -3.86. The predicted molar refractivity (Wildman–Crippen MR) is 438 cm³/mol. The molecule has 6 aromatic rings. The van der Waals surface area contributed by atoms with Crippen LogP contribution in [-0.2, 0) is 107 Å². The van der Waals surface area contributed by atoms with Gasteiger partial charge in [0.25, 0.3) is 0 Å². The standard InChI is InChI=1S/C78H101Cl6N9O18S3/c1-91-48-67(64-42-58(79)45-73(82)70(64)51-91)54-7-4-10-61(37-54)112(97,98)88-16-22-106-28-34-109-31-25-103-19-13-85-76(94)40-57(78(96)87-15-21-105-27-33-111-36-30-108-24-18-90-114(101,102)63-12-6-9-56(39-63)69-50-93(3)53-72-66(69)44-60(81)47-75(72)84)41-77(95)86-14-20-104-26-32-110-35-29-107-23-17-89-113(99,100)62-11-5-8-55(38-62)68-49-92(2)52-71-65(68)43-59(80)46-74(71)83/h4-12,37-39,42-47,57,67-69,88-90H,13-36,40-41,48-53H2,1-3H3,(H,85,94)(H,86,95)(H,87,96)/t67-,68-,69-/m0/s1. The first-order valence-electron chi connectivity index (χ1n) is 37.5. The van der Waals surface area contributed by atoms with E-state index in [1.54, 1.807) is 72.8 Å². The zero-order chi connectivity index (χ0) is 81.6. The Morgan fingerprint density at radius 1 is 0.360 bits per heavy atom. The summed E-state index contributed by atoms with van der Waals surface area (Å²) in [5.74, 6) is -2.94. The Bertz CT molecular complexity index is 4320. The first-order chi connectivity index (χ1) is 54.7. The number of hydrogen-bond acceptors (Lipinski definition) is 21. The number of nitrogens with zero attached hydrogens (tertiary/aromatic N) is 3. The van der Waals surface area contributed by atoms with Crippen molar-refractivity contribution in [3.63, 3.8) is 0 Å². The van der Waals surface area contributed by atoms with E-state index in [1.807, 2.05) is 57.5 Å². The van der Waals surface area contributed by atoms with Crippen LogP contribution in [0.25, 0.3) is 0 Å². The van der Waals surface area contributed by atoms with Crippen LogP contribution in [0.4, 0.5) is 0 Å². The van der Waals surface area contributed by atoms with Crippen molar-refractivity contribution in [3.8, 4) is 0 Å². The van der Waals surface area contributed by atoms with Gasteiger partial charge in [0, 0.05) is 139 Å². The summed E-state index contributed by atoms with van der Waals surface area (Å²) in [6.45, 7) is 7.49. The summed E-state index contributed by atoms with van der Waals surface area (Å²) in [4.78, 5) is 46.7. The van der Waals surface area contributed by atoms with Gasteiger partial charge in [0.1, 0.15) is 0 Å². The van der Waals surface area contributed by atoms with Crippen molar-refractivity contribution in [1.82, 2.24) is 44.8 Å². The molecule has 0 fully saturated rings. The molecule has 3 heterocycles. The lowest BCUT2D eigenvalue weighted by atomic mass is 9.85. The number of sulfonamides is 3. The van der Waals surface area contributed by atoms with Gasteiger partial charge in [0.05, 0.1) is 140 Å². The molecule has 3 aliphatic rings. The topological polar surface area (TPSA) is 319 Å². The fourth-order valence-corrected chi connectivity index (χ4v) is 18.4. The Balaban J connectivity index is 0.620. The number of nitrogens with one attached hydrogen (secondary N) is 6. The van der Waals surface area contributed by atoms with Gasteiger partial charge in [-0.2, -0.15) is 0 Å². The van der Waals surface area contributed by atoms with E-state index in [2.05, 4.69) is 44.8 Å². The number of carbonyl (C=O) groups excluding carboxylic acids is 3. The van der Waals surface area contributed by atoms with Crippen LogP contribution in [0.1, 0.15) is 80.7 Å². The maximum Gasteiger partial charge on any atom is 0.240 e. The molecule has 0 saturated carbocycles. The van der Waals surface area contributed by atoms with Gasteiger partial charge in [-0.3, -0.25) is 14.4 Å². The zero-order valence-electron chi connectivity index (χ0n) is 64.0. The third-order valence-corrected chi connectivity index (χ3v) is 25.0. The van der Waals surface area contributed by atoms with E-state index in [4.69, 9.17) is 112 Å². The van der Waals surface area contributed by atoms with Crippen molar-refractivity contribution in [3.05, 3.63) is 189 Å². The van der Waals surface area contributed by atoms with Gasteiger partial charge < -0.3 is 73.3 Å². The van der Waals surface area contributed by atoms with Crippen molar-refractivity contribution in [2.75, 3.05) is 199 Å². The predicted octanol–water partition coefficient (Wildman–Crippen LogP) is 8.47. The Morgan fingerprint density at radius 3 is 0.895 bits per heavy atom. The molecule has 0 spiro atoms. The normalized spacial score (nSPS) is 16.2. The number of ether oxygens (including phenoxy) is 9. The van der Waals surface area contributed by atoms with Crippen molar-refractivity contribution in [1.29, 1.82) is 0 Å². The average molecular weight is 1760 g/mol. The Morgan fingerprint density at radius 2 is 0.614 bits per heavy atom. The molecule has 0 aliphatic carbocycles. The molecule has 3 aliphatic heterocycles. The fourth-order valence-electron chi connectivity index (χ4n) is 13.5. The molecule has 0 saturated heterocycles. The van der Waals surface area contributed by atoms with Gasteiger partial charge in [0.2, 0.25) is 47.8 Å². The number of rotatable bonds is 50. The number of likely N-dealkylation sites (N-methyl/N-ethyl adjacent to an activating group) is 3. The third-order valence-electron chi connectivity index (χ3n) is 19.0. The van der Waals surface area contributed by atoms with Crippen LogP contribution in [0.15, 0.2) is 124 Å². The molecule has 27 nitrogen and oxygen atoms in total. The second-order valence-electron chi connectivity index (χ2n) is 27.6. The van der Waals surface area contributed by atoms with E-state index < -0.39 is 53.7 Å². The van der Waals surface area contributed by atoms with Crippen molar-refractivity contribution in [2.24, 2.45) is 5.92 Å². The molecule has 9 rings (SSSR count). The Hall–Kier alpha value is -5.28. The molecule has 6 aromatic carbocycles. The van der Waals surface area contributed by atoms with E-state index in [0.29, 0.717) is 69.4 Å². The molecule has 3 amide bonds. The van der Waals surface area contributed by atoms with Crippen LogP contribution in [0, 0.1) is 5.92 Å². The number of amides is 3. The van der Waals surface area contributed by atoms with Crippen molar-refractivity contribution < 1.29 is 82.3 Å². The van der Waals surface area contributed by atoms with E-state index in [1.165, 1.54) is 0 Å². The molecule has 3 atom stereocenters. The van der Waals surface area contributed by atoms with Crippen LogP contribution >= 0.6 is 69.6 Å². The highest BCUT2D eigenvalue weighted by Crippen LogP contribution is 2.42. The van der Waals surface area contributed by atoms with Crippen LogP contribution in [0.2, 0.25) is 30.1 Å². The largest absolute Gasteiger partial charge is 0.378 e. The first-order valence-corrected chi connectivity index (χ1v) is 44.3. The van der Waals surface area contributed by atoms with Gasteiger partial charge in [-0.05, 0) is 144 Å². The van der Waals surface area contributed by atoms with E-state index in [-0.39, 0.29) is 203 Å². The van der Waals surface area contributed by atoms with E-state index >= 15 is 0 Å². The van der Waals surface area contributed by atoms with Crippen molar-refractivity contribution in [2.45, 2.75) is 64.9 Å². The highest BCUT2D eigenvalue weighted by atomic mass is 35.5. The first kappa shape index (κ1) is 92.6. The summed E-state index contributed by atoms with van der Waals surface area (Å²) < 4.78 is 138. The molecular formula is C78H101Cl6N9O18S3. The summed E-state index contributed by atoms with van der Waals surface area (Å²) in [5.41, 5.74) is 8.29. The fraction of sp³-hybridized carbons (Fsp3) is 0.500. The minimum absolute atomic E-state index is 0.0323. The quantitative estimate of drug-likeness (QED) is 0.0195. The smallest absolute Gasteiger partial charge is 0.240 e. The zero-order valence-corrected chi connectivity index (χ0v) is 71.0. The van der Waals surface area contributed by atoms with E-state index in [9.17, 15) is 39.6 Å². The average Bonchev–Trinajstić information content (AvgIpc) is 0.782. The number of halogens is 6. The summed E-state index contributed by atoms with van der Waals surface area (Å²) >= 11 is 38.8. The molecule has 0 radical (unpaired) electrons. The molecular weight excluding hydrogens is 1660 g/mol. The molecule has 114 heavy (non-hydrogen) atoms. The molecule has 0 unspecified atom stereocenters. The molecule has 6 N–H and O–H groups in total. The SMILES string of the molecule is CN1Cc2c(Cl)cc(Cl)cc2[C@H](c2cccc(S(=O)(=O)NCCOCCOCCOCCNC(=O)CC(CC(=O)NCCOCCOCCOCCNS(=O)(=O)c3cccc([C@@H]4CN(C)Cc5c(Cl)cc(Cl)cc54)c3)C(=O)NCCOCCOCCOCCNS(=O)(=O)c3cccc([C@@H]4CN(C)Cc5c(Cl)cc(Cl)cc54)c3)c2)C1. The Kier molecular flexibility index (Phi) is 38.1. The number of hydrogen-bond donors (Lipinski definition) is 6. The number of carbonyl (C=O) groups is 3. The van der Waals surface area contributed by atoms with Gasteiger partial charge in [-0.25, -0.2) is 39.4 Å². The summed E-state index contributed by atoms with van der Waals surface area (Å²) in [6.07, 6.45) is -0.614. The lowest BCUT2D eigenvalue weighted by molar-refractivity contribution is -0.133. The monoisotopic (exact) mass is 1760 g/mol. The lowest BCUT2D eigenvalue weighted by Gasteiger charge is -2.33. The molecule has 626 valence electrons. The van der Waals surface area contributed by atoms with Crippen LogP contribution < -0.4 is 30.1 Å². The second-order valence-corrected chi connectivity index (χ2v) is 35.5. The molecule has 36 heteroatoms. The van der Waals surface area contributed by atoms with Gasteiger partial charge >= 0.3 is 0 Å². The third kappa shape index (κ3) is 29.3. The minimum Gasteiger partial charge on any atom is -0.378 e. The summed E-state index contributed by atoms with van der Waals surface area (Å²) in [7, 11) is -5.61. The summed E-state index contributed by atoms with van der Waals surface area (Å²) in [6, 6.07) is 31.3. The van der Waals surface area contributed by atoms with E-state index in [0.717, 1.165) is 50.1 Å².